The summed E-state index contributed by atoms with van der Waals surface area (Å²) < 4.78 is 26.1. The first-order chi connectivity index (χ1) is 9.72. The molecule has 0 radical (unpaired) electrons. The topological polar surface area (TPSA) is 77.8 Å². The van der Waals surface area contributed by atoms with Crippen molar-refractivity contribution in [1.82, 2.24) is 4.31 Å². The lowest BCUT2D eigenvalue weighted by Gasteiger charge is -2.31. The molecule has 1 atom stereocenters. The number of sulfonamides is 1. The fraction of sp³-hybridized carbons (Fsp3) is 0.600. The number of hydrogen-bond donors (Lipinski definition) is 2. The van der Waals surface area contributed by atoms with Gasteiger partial charge in [0.05, 0.1) is 17.4 Å². The van der Waals surface area contributed by atoms with Crippen LogP contribution in [0.2, 0.25) is 0 Å². The summed E-state index contributed by atoms with van der Waals surface area (Å²) in [4.78, 5) is 0. The van der Waals surface area contributed by atoms with E-state index in [1.54, 1.807) is 26.8 Å². The molecule has 1 aromatic carbocycles. The van der Waals surface area contributed by atoms with Crippen LogP contribution in [-0.2, 0) is 23.2 Å². The maximum Gasteiger partial charge on any atom is 0.219 e. The third kappa shape index (κ3) is 2.85. The number of rotatable bonds is 4. The van der Waals surface area contributed by atoms with Gasteiger partial charge in [0.1, 0.15) is 0 Å². The zero-order valence-electron chi connectivity index (χ0n) is 12.7. The second-order valence-electron chi connectivity index (χ2n) is 6.38. The minimum Gasteiger partial charge on any atom is -0.396 e. The van der Waals surface area contributed by atoms with E-state index < -0.39 is 14.8 Å². The molecule has 1 aromatic rings. The molecular weight excluding hydrogens is 290 g/mol. The maximum atomic E-state index is 12.8. The third-order valence-corrected chi connectivity index (χ3v) is 6.46. The summed E-state index contributed by atoms with van der Waals surface area (Å²) in [5.74, 6) is 0. The lowest BCUT2D eigenvalue weighted by Crippen LogP contribution is -2.42. The second-order valence-corrected chi connectivity index (χ2v) is 9.03. The summed E-state index contributed by atoms with van der Waals surface area (Å²) in [6, 6.07) is 5.18. The summed E-state index contributed by atoms with van der Waals surface area (Å²) in [5, 5.41) is 18.5. The van der Waals surface area contributed by atoms with Crippen LogP contribution in [0.15, 0.2) is 18.2 Å². The molecule has 6 heteroatoms. The monoisotopic (exact) mass is 313 g/mol. The minimum atomic E-state index is -3.48. The van der Waals surface area contributed by atoms with E-state index in [-0.39, 0.29) is 19.3 Å². The summed E-state index contributed by atoms with van der Waals surface area (Å²) in [6.45, 7) is 5.21. The highest BCUT2D eigenvalue weighted by molar-refractivity contribution is 7.90. The molecule has 0 fully saturated rings. The molecule has 0 aliphatic carbocycles. The van der Waals surface area contributed by atoms with Crippen LogP contribution in [0.5, 0.6) is 0 Å². The zero-order valence-corrected chi connectivity index (χ0v) is 13.5. The molecule has 0 bridgehead atoms. The Bertz CT molecular complexity index is 619. The van der Waals surface area contributed by atoms with Crippen molar-refractivity contribution in [2.75, 3.05) is 6.61 Å². The van der Waals surface area contributed by atoms with E-state index in [1.807, 2.05) is 12.1 Å². The van der Waals surface area contributed by atoms with Gasteiger partial charge in [-0.2, -0.15) is 4.31 Å². The van der Waals surface area contributed by atoms with Gasteiger partial charge in [-0.05, 0) is 43.9 Å². The van der Waals surface area contributed by atoms with Crippen LogP contribution >= 0.6 is 0 Å². The van der Waals surface area contributed by atoms with Crippen molar-refractivity contribution in [1.29, 1.82) is 0 Å². The van der Waals surface area contributed by atoms with Crippen molar-refractivity contribution in [2.24, 2.45) is 0 Å². The fourth-order valence-corrected chi connectivity index (χ4v) is 4.25. The van der Waals surface area contributed by atoms with Gasteiger partial charge in [-0.25, -0.2) is 8.42 Å². The van der Waals surface area contributed by atoms with Gasteiger partial charge in [0.25, 0.3) is 0 Å². The number of fused-ring (bicyclic) bond motifs is 1. The van der Waals surface area contributed by atoms with Gasteiger partial charge in [0, 0.05) is 13.2 Å². The summed E-state index contributed by atoms with van der Waals surface area (Å²) >= 11 is 0. The van der Waals surface area contributed by atoms with Gasteiger partial charge in [0.15, 0.2) is 0 Å². The van der Waals surface area contributed by atoms with Crippen LogP contribution in [0.25, 0.3) is 0 Å². The average Bonchev–Trinajstić information content (AvgIpc) is 2.76. The molecule has 2 N–H and O–H groups in total. The lowest BCUT2D eigenvalue weighted by atomic mass is 10.0. The van der Waals surface area contributed by atoms with Gasteiger partial charge in [-0.3, -0.25) is 0 Å². The molecule has 0 saturated carbocycles. The fourth-order valence-electron chi connectivity index (χ4n) is 2.68. The van der Waals surface area contributed by atoms with E-state index in [0.717, 1.165) is 16.7 Å². The molecule has 0 amide bonds. The first-order valence-corrected chi connectivity index (χ1v) is 8.51. The van der Waals surface area contributed by atoms with E-state index in [2.05, 4.69) is 0 Å². The van der Waals surface area contributed by atoms with Gasteiger partial charge in [-0.1, -0.05) is 18.2 Å². The summed E-state index contributed by atoms with van der Waals surface area (Å²) in [6.07, 6.45) is 0.376. The molecule has 0 unspecified atom stereocenters. The molecule has 118 valence electrons. The maximum absolute atomic E-state index is 12.8. The van der Waals surface area contributed by atoms with E-state index in [9.17, 15) is 18.6 Å². The van der Waals surface area contributed by atoms with Crippen molar-refractivity contribution in [2.45, 2.75) is 51.1 Å². The number of aliphatic hydroxyl groups is 2. The lowest BCUT2D eigenvalue weighted by molar-refractivity contribution is 0.233. The Morgan fingerprint density at radius 2 is 1.95 bits per heavy atom. The highest BCUT2D eigenvalue weighted by Crippen LogP contribution is 2.41. The Labute approximate surface area is 126 Å². The van der Waals surface area contributed by atoms with Gasteiger partial charge in [0.2, 0.25) is 10.0 Å². The quantitative estimate of drug-likeness (QED) is 0.884. The van der Waals surface area contributed by atoms with Crippen molar-refractivity contribution < 1.29 is 18.6 Å². The molecule has 0 spiro atoms. The molecule has 0 aromatic heterocycles. The van der Waals surface area contributed by atoms with E-state index in [0.29, 0.717) is 13.0 Å². The number of hydrogen-bond acceptors (Lipinski definition) is 4. The van der Waals surface area contributed by atoms with Crippen LogP contribution in [0, 0.1) is 0 Å². The molecule has 1 heterocycles. The normalized spacial score (nSPS) is 19.8. The number of benzene rings is 1. The Morgan fingerprint density at radius 3 is 2.48 bits per heavy atom. The SMILES string of the molecule is CC(C)(C)S(=O)(=O)N1Cc2cc(CO)ccc2[C@@H]1CCO. The van der Waals surface area contributed by atoms with Crippen molar-refractivity contribution in [3.63, 3.8) is 0 Å². The molecule has 2 rings (SSSR count). The summed E-state index contributed by atoms with van der Waals surface area (Å²) in [7, 11) is -3.48. The van der Waals surface area contributed by atoms with Crippen LogP contribution in [0.3, 0.4) is 0 Å². The molecular formula is C15H23NO4S. The number of nitrogens with zero attached hydrogens (tertiary/aromatic N) is 1. The van der Waals surface area contributed by atoms with E-state index in [1.165, 1.54) is 4.31 Å². The molecule has 1 aliphatic heterocycles. The first kappa shape index (κ1) is 16.4. The standard InChI is InChI=1S/C15H23NO4S/c1-15(2,3)21(19,20)16-9-12-8-11(10-18)4-5-13(12)14(16)6-7-17/h4-5,8,14,17-18H,6-7,9-10H2,1-3H3/t14-/m0/s1. The van der Waals surface area contributed by atoms with Gasteiger partial charge < -0.3 is 10.2 Å². The molecule has 0 saturated heterocycles. The van der Waals surface area contributed by atoms with Crippen LogP contribution in [0.4, 0.5) is 0 Å². The highest BCUT2D eigenvalue weighted by Gasteiger charge is 2.43. The highest BCUT2D eigenvalue weighted by atomic mass is 32.2. The van der Waals surface area contributed by atoms with E-state index >= 15 is 0 Å². The van der Waals surface area contributed by atoms with Crippen molar-refractivity contribution in [3.05, 3.63) is 34.9 Å². The van der Waals surface area contributed by atoms with Gasteiger partial charge >= 0.3 is 0 Å². The van der Waals surface area contributed by atoms with Gasteiger partial charge in [-0.15, -0.1) is 0 Å². The third-order valence-electron chi connectivity index (χ3n) is 3.91. The van der Waals surface area contributed by atoms with Crippen LogP contribution < -0.4 is 0 Å². The first-order valence-electron chi connectivity index (χ1n) is 7.07. The molecule has 21 heavy (non-hydrogen) atoms. The summed E-state index contributed by atoms with van der Waals surface area (Å²) in [5.41, 5.74) is 2.61. The second kappa shape index (κ2) is 5.68. The van der Waals surface area contributed by atoms with Crippen molar-refractivity contribution in [3.8, 4) is 0 Å². The van der Waals surface area contributed by atoms with Crippen LogP contribution in [-0.4, -0.2) is 34.3 Å². The molecule has 5 nitrogen and oxygen atoms in total. The Hall–Kier alpha value is -0.950. The predicted octanol–water partition coefficient (Wildman–Crippen LogP) is 1.55. The minimum absolute atomic E-state index is 0.0655. The largest absolute Gasteiger partial charge is 0.396 e. The Morgan fingerprint density at radius 1 is 1.29 bits per heavy atom. The smallest absolute Gasteiger partial charge is 0.219 e. The van der Waals surface area contributed by atoms with Crippen LogP contribution in [0.1, 0.15) is 49.9 Å². The Kier molecular flexibility index (Phi) is 4.44. The predicted molar refractivity (Wildman–Crippen MR) is 81.0 cm³/mol. The molecule has 1 aliphatic rings. The van der Waals surface area contributed by atoms with Crippen molar-refractivity contribution >= 4 is 10.0 Å². The Balaban J connectivity index is 2.46. The van der Waals surface area contributed by atoms with E-state index in [4.69, 9.17) is 0 Å². The number of aliphatic hydroxyl groups excluding tert-OH is 2. The zero-order chi connectivity index (χ0) is 15.8. The average molecular weight is 313 g/mol.